The van der Waals surface area contributed by atoms with Crippen LogP contribution in [0.4, 0.5) is 10.5 Å². The minimum atomic E-state index is -0.337. The summed E-state index contributed by atoms with van der Waals surface area (Å²) >= 11 is 0. The first kappa shape index (κ1) is 26.9. The van der Waals surface area contributed by atoms with E-state index in [0.29, 0.717) is 41.6 Å². The molecule has 1 saturated carbocycles. The summed E-state index contributed by atoms with van der Waals surface area (Å²) in [6.07, 6.45) is 17.6. The van der Waals surface area contributed by atoms with Crippen molar-refractivity contribution < 1.29 is 14.3 Å². The Balaban J connectivity index is 0.000000357. The third-order valence-electron chi connectivity index (χ3n) is 5.31. The minimum Gasteiger partial charge on any atom is -0.383 e. The van der Waals surface area contributed by atoms with Crippen molar-refractivity contribution in [3.8, 4) is 0 Å². The molecule has 0 bridgehead atoms. The van der Waals surface area contributed by atoms with E-state index in [9.17, 15) is 9.59 Å². The van der Waals surface area contributed by atoms with Gasteiger partial charge in [0.25, 0.3) is 5.91 Å². The van der Waals surface area contributed by atoms with E-state index in [0.717, 1.165) is 24.3 Å². The Morgan fingerprint density at radius 1 is 1.33 bits per heavy atom. The Morgan fingerprint density at radius 2 is 2.12 bits per heavy atom. The zero-order valence-electron chi connectivity index (χ0n) is 20.4. The molecule has 3 rings (SSSR count). The summed E-state index contributed by atoms with van der Waals surface area (Å²) in [4.78, 5) is 28.0. The molecule has 1 fully saturated rings. The SMILES string of the molecule is CNC(=O)Nc1cc(C(=O)NCC2=CN=CCC2)n(CCOC)c1.CS(C)=CCCC1CC1. The van der Waals surface area contributed by atoms with Gasteiger partial charge in [-0.3, -0.25) is 9.79 Å². The average Bonchev–Trinajstić information content (AvgIpc) is 3.55. The number of aromatic nitrogens is 1. The number of nitrogens with zero attached hydrogens (tertiary/aromatic N) is 2. The lowest BCUT2D eigenvalue weighted by Gasteiger charge is -2.11. The predicted octanol–water partition coefficient (Wildman–Crippen LogP) is 3.87. The maximum absolute atomic E-state index is 12.5. The summed E-state index contributed by atoms with van der Waals surface area (Å²) in [5, 5.41) is 10.5. The van der Waals surface area contributed by atoms with Gasteiger partial charge in [-0.25, -0.2) is 4.79 Å². The lowest BCUT2D eigenvalue weighted by molar-refractivity contribution is 0.0944. The van der Waals surface area contributed by atoms with Crippen LogP contribution in [0.1, 0.15) is 49.0 Å². The van der Waals surface area contributed by atoms with Crippen molar-refractivity contribution >= 4 is 39.7 Å². The third kappa shape index (κ3) is 10.9. The Morgan fingerprint density at radius 3 is 2.73 bits per heavy atom. The molecule has 2 heterocycles. The number of carbonyl (C=O) groups is 2. The quantitative estimate of drug-likeness (QED) is 0.446. The van der Waals surface area contributed by atoms with Crippen molar-refractivity contribution in [2.75, 3.05) is 45.1 Å². The molecule has 0 radical (unpaired) electrons. The highest BCUT2D eigenvalue weighted by atomic mass is 32.2. The first-order chi connectivity index (χ1) is 15.9. The highest BCUT2D eigenvalue weighted by Gasteiger charge is 2.19. The van der Waals surface area contributed by atoms with Crippen LogP contribution < -0.4 is 16.0 Å². The summed E-state index contributed by atoms with van der Waals surface area (Å²) < 4.78 is 6.83. The lowest BCUT2D eigenvalue weighted by atomic mass is 10.1. The van der Waals surface area contributed by atoms with Crippen LogP contribution in [0.15, 0.2) is 29.0 Å². The largest absolute Gasteiger partial charge is 0.383 e. The molecule has 2 aliphatic rings. The first-order valence-corrected chi connectivity index (χ1v) is 13.6. The van der Waals surface area contributed by atoms with Crippen molar-refractivity contribution in [3.05, 3.63) is 29.7 Å². The molecule has 1 aliphatic heterocycles. The van der Waals surface area contributed by atoms with E-state index in [1.165, 1.54) is 32.7 Å². The van der Waals surface area contributed by atoms with Gasteiger partial charge in [-0.2, -0.15) is 10.5 Å². The van der Waals surface area contributed by atoms with Crippen molar-refractivity contribution in [2.24, 2.45) is 10.9 Å². The second-order valence-corrected chi connectivity index (χ2v) is 10.5. The second kappa shape index (κ2) is 14.7. The van der Waals surface area contributed by atoms with Crippen LogP contribution in [-0.2, 0) is 11.3 Å². The number of nitrogens with one attached hydrogen (secondary N) is 3. The molecule has 1 aromatic rings. The van der Waals surface area contributed by atoms with Gasteiger partial charge in [0, 0.05) is 45.9 Å². The Hall–Kier alpha value is -2.39. The van der Waals surface area contributed by atoms with Crippen LogP contribution in [0.25, 0.3) is 0 Å². The number of anilines is 1. The van der Waals surface area contributed by atoms with Crippen LogP contribution in [-0.4, -0.2) is 67.9 Å². The molecule has 0 aromatic carbocycles. The fourth-order valence-corrected chi connectivity index (χ4v) is 3.86. The number of ether oxygens (including phenoxy) is 1. The predicted molar refractivity (Wildman–Crippen MR) is 140 cm³/mol. The van der Waals surface area contributed by atoms with E-state index in [4.69, 9.17) is 4.74 Å². The number of methoxy groups -OCH3 is 1. The average molecular weight is 478 g/mol. The number of hydrogen-bond donors (Lipinski definition) is 3. The Kier molecular flexibility index (Phi) is 12.0. The maximum Gasteiger partial charge on any atom is 0.319 e. The molecule has 3 amide bonds. The first-order valence-electron chi connectivity index (χ1n) is 11.5. The van der Waals surface area contributed by atoms with Gasteiger partial charge >= 0.3 is 6.03 Å². The van der Waals surface area contributed by atoms with Gasteiger partial charge < -0.3 is 25.3 Å². The molecule has 3 N–H and O–H groups in total. The van der Waals surface area contributed by atoms with Crippen LogP contribution in [0.5, 0.6) is 0 Å². The molecule has 9 heteroatoms. The molecule has 0 saturated heterocycles. The van der Waals surface area contributed by atoms with Gasteiger partial charge in [0.15, 0.2) is 0 Å². The molecular formula is C24H39N5O3S. The summed E-state index contributed by atoms with van der Waals surface area (Å²) in [5.41, 5.74) is 2.11. The van der Waals surface area contributed by atoms with Crippen molar-refractivity contribution in [1.29, 1.82) is 0 Å². The zero-order chi connectivity index (χ0) is 24.1. The zero-order valence-corrected chi connectivity index (χ0v) is 21.2. The summed E-state index contributed by atoms with van der Waals surface area (Å²) in [6, 6.07) is 1.31. The Bertz CT molecular complexity index is 867. The van der Waals surface area contributed by atoms with Gasteiger partial charge in [-0.15, -0.1) is 0 Å². The van der Waals surface area contributed by atoms with Crippen LogP contribution in [0, 0.1) is 5.92 Å². The minimum absolute atomic E-state index is 0.202. The van der Waals surface area contributed by atoms with Gasteiger partial charge in [0.05, 0.1) is 12.3 Å². The number of carbonyl (C=O) groups excluding carboxylic acids is 2. The smallest absolute Gasteiger partial charge is 0.319 e. The number of amides is 3. The van der Waals surface area contributed by atoms with Gasteiger partial charge in [0.2, 0.25) is 0 Å². The molecule has 8 nitrogen and oxygen atoms in total. The van der Waals surface area contributed by atoms with Gasteiger partial charge in [0.1, 0.15) is 5.69 Å². The normalized spacial score (nSPS) is 14.8. The van der Waals surface area contributed by atoms with E-state index < -0.39 is 0 Å². The molecule has 0 atom stereocenters. The number of hydrogen-bond acceptors (Lipinski definition) is 4. The van der Waals surface area contributed by atoms with Crippen molar-refractivity contribution in [3.63, 3.8) is 0 Å². The summed E-state index contributed by atoms with van der Waals surface area (Å²) in [6.45, 7) is 1.44. The highest BCUT2D eigenvalue weighted by Crippen LogP contribution is 2.33. The van der Waals surface area contributed by atoms with Gasteiger partial charge in [-0.1, -0.05) is 18.2 Å². The number of aliphatic imine (C=N–C) groups is 1. The molecule has 0 spiro atoms. The van der Waals surface area contributed by atoms with Crippen LogP contribution in [0.3, 0.4) is 0 Å². The summed E-state index contributed by atoms with van der Waals surface area (Å²) in [7, 11) is 3.70. The van der Waals surface area contributed by atoms with Crippen LogP contribution in [0.2, 0.25) is 0 Å². The second-order valence-electron chi connectivity index (χ2n) is 8.41. The van der Waals surface area contributed by atoms with Crippen LogP contribution >= 0.6 is 10.5 Å². The monoisotopic (exact) mass is 477 g/mol. The number of rotatable bonds is 10. The third-order valence-corrected chi connectivity index (χ3v) is 6.21. The molecule has 184 valence electrons. The lowest BCUT2D eigenvalue weighted by Crippen LogP contribution is -2.28. The van der Waals surface area contributed by atoms with E-state index in [2.05, 4.69) is 38.8 Å². The van der Waals surface area contributed by atoms with E-state index in [-0.39, 0.29) is 11.9 Å². The van der Waals surface area contributed by atoms with Crippen molar-refractivity contribution in [2.45, 2.75) is 45.1 Å². The Labute approximate surface area is 200 Å². The maximum atomic E-state index is 12.5. The summed E-state index contributed by atoms with van der Waals surface area (Å²) in [5.74, 6) is 0.913. The molecule has 0 unspecified atom stereocenters. The standard InChI is InChI=1S/C16H23N5O3.C8H16S/c1-17-16(23)20-13-8-14(21(11-13)6-7-24-2)15(22)19-10-12-4-3-5-18-9-12;1-9(2)7-3-4-8-5-6-8/h5,8-9,11H,3-4,6-7,10H2,1-2H3,(H,19,22)(H2,17,20,23);7-8H,3-6H2,1-2H3. The van der Waals surface area contributed by atoms with Gasteiger partial charge in [-0.05, 0) is 55.8 Å². The topological polar surface area (TPSA) is 96.8 Å². The van der Waals surface area contributed by atoms with E-state index in [1.54, 1.807) is 30.1 Å². The fourth-order valence-electron chi connectivity index (χ4n) is 3.25. The number of urea groups is 1. The van der Waals surface area contributed by atoms with E-state index >= 15 is 0 Å². The fraction of sp³-hybridized carbons (Fsp3) is 0.583. The highest BCUT2D eigenvalue weighted by molar-refractivity contribution is 8.13. The molecular weight excluding hydrogens is 438 g/mol. The van der Waals surface area contributed by atoms with E-state index in [1.807, 2.05) is 6.21 Å². The molecule has 1 aromatic heterocycles. The van der Waals surface area contributed by atoms with Crippen molar-refractivity contribution in [1.82, 2.24) is 15.2 Å². The molecule has 33 heavy (non-hydrogen) atoms. The molecule has 1 aliphatic carbocycles.